The first-order chi connectivity index (χ1) is 5.75. The summed E-state index contributed by atoms with van der Waals surface area (Å²) in [7, 11) is 0. The van der Waals surface area contributed by atoms with Gasteiger partial charge in [0.05, 0.1) is 11.9 Å². The Balaban J connectivity index is 2.37. The molecule has 0 bridgehead atoms. The Labute approximate surface area is 75.3 Å². The zero-order valence-electron chi connectivity index (χ0n) is 6.66. The molecule has 12 heavy (non-hydrogen) atoms. The number of phenols is 1. The predicted molar refractivity (Wildman–Crippen MR) is 50.2 cm³/mol. The maximum absolute atomic E-state index is 9.19. The van der Waals surface area contributed by atoms with Crippen molar-refractivity contribution in [1.82, 2.24) is 4.72 Å². The highest BCUT2D eigenvalue weighted by molar-refractivity contribution is 7.97. The molecule has 1 heterocycles. The van der Waals surface area contributed by atoms with Gasteiger partial charge in [-0.3, -0.25) is 0 Å². The van der Waals surface area contributed by atoms with Crippen LogP contribution in [0.25, 0.3) is 0 Å². The van der Waals surface area contributed by atoms with Crippen molar-refractivity contribution in [3.63, 3.8) is 0 Å². The van der Waals surface area contributed by atoms with Crippen molar-refractivity contribution in [2.75, 3.05) is 5.32 Å². The normalized spacial score (nSPS) is 21.2. The summed E-state index contributed by atoms with van der Waals surface area (Å²) in [6.07, 6.45) is 0.270. The monoisotopic (exact) mass is 182 g/mol. The van der Waals surface area contributed by atoms with E-state index in [4.69, 9.17) is 0 Å². The van der Waals surface area contributed by atoms with Crippen LogP contribution in [0, 0.1) is 0 Å². The van der Waals surface area contributed by atoms with E-state index in [1.165, 1.54) is 11.9 Å². The molecule has 0 radical (unpaired) electrons. The molecule has 64 valence electrons. The van der Waals surface area contributed by atoms with Crippen molar-refractivity contribution in [1.29, 1.82) is 0 Å². The molecular formula is C8H10N2OS. The molecule has 0 aliphatic carbocycles. The number of hydrogen-bond donors (Lipinski definition) is 3. The zero-order valence-corrected chi connectivity index (χ0v) is 7.48. The van der Waals surface area contributed by atoms with Gasteiger partial charge in [0.15, 0.2) is 0 Å². The maximum atomic E-state index is 9.19. The van der Waals surface area contributed by atoms with Crippen LogP contribution in [-0.2, 0) is 0 Å². The van der Waals surface area contributed by atoms with Crippen LogP contribution in [-0.4, -0.2) is 11.3 Å². The lowest BCUT2D eigenvalue weighted by Gasteiger charge is -2.24. The summed E-state index contributed by atoms with van der Waals surface area (Å²) in [6, 6.07) is 5.31. The molecule has 4 heteroatoms. The number of nitrogens with one attached hydrogen (secondary N) is 2. The molecule has 1 aromatic carbocycles. The van der Waals surface area contributed by atoms with Gasteiger partial charge >= 0.3 is 0 Å². The second-order valence-corrected chi connectivity index (χ2v) is 3.65. The first kappa shape index (κ1) is 7.76. The van der Waals surface area contributed by atoms with Crippen molar-refractivity contribution >= 4 is 17.6 Å². The van der Waals surface area contributed by atoms with Crippen LogP contribution in [0.3, 0.4) is 0 Å². The van der Waals surface area contributed by atoms with Gasteiger partial charge in [-0.25, -0.2) is 4.72 Å². The van der Waals surface area contributed by atoms with E-state index >= 15 is 0 Å². The number of benzene rings is 1. The molecule has 0 saturated heterocycles. The Morgan fingerprint density at radius 3 is 3.17 bits per heavy atom. The van der Waals surface area contributed by atoms with Gasteiger partial charge in [0.2, 0.25) is 0 Å². The summed E-state index contributed by atoms with van der Waals surface area (Å²) in [5.41, 5.74) is 1.07. The fraction of sp³-hybridized carbons (Fsp3) is 0.250. The molecule has 1 unspecified atom stereocenters. The SMILES string of the molecule is CC1NSc2cc(O)ccc2N1. The Morgan fingerprint density at radius 1 is 1.50 bits per heavy atom. The van der Waals surface area contributed by atoms with Crippen LogP contribution < -0.4 is 10.0 Å². The summed E-state index contributed by atoms with van der Waals surface area (Å²) < 4.78 is 3.16. The molecule has 0 fully saturated rings. The molecule has 1 aromatic rings. The first-order valence-electron chi connectivity index (χ1n) is 3.77. The zero-order chi connectivity index (χ0) is 8.55. The van der Waals surface area contributed by atoms with Crippen molar-refractivity contribution < 1.29 is 5.11 Å². The smallest absolute Gasteiger partial charge is 0.116 e. The average Bonchev–Trinajstić information content (AvgIpc) is 2.05. The van der Waals surface area contributed by atoms with Gasteiger partial charge in [0.25, 0.3) is 0 Å². The molecule has 1 aliphatic heterocycles. The van der Waals surface area contributed by atoms with Gasteiger partial charge in [0, 0.05) is 4.90 Å². The third-order valence-corrected chi connectivity index (χ3v) is 2.71. The van der Waals surface area contributed by atoms with Crippen LogP contribution in [0.15, 0.2) is 23.1 Å². The van der Waals surface area contributed by atoms with Crippen LogP contribution >= 0.6 is 11.9 Å². The highest BCUT2D eigenvalue weighted by atomic mass is 32.2. The lowest BCUT2D eigenvalue weighted by atomic mass is 10.3. The molecule has 3 N–H and O–H groups in total. The van der Waals surface area contributed by atoms with Gasteiger partial charge in [-0.2, -0.15) is 0 Å². The molecule has 2 rings (SSSR count). The van der Waals surface area contributed by atoms with Gasteiger partial charge in [-0.1, -0.05) is 0 Å². The third-order valence-electron chi connectivity index (χ3n) is 1.68. The molecule has 0 spiro atoms. The number of fused-ring (bicyclic) bond motifs is 1. The van der Waals surface area contributed by atoms with Gasteiger partial charge in [0.1, 0.15) is 5.75 Å². The number of aromatic hydroxyl groups is 1. The lowest BCUT2D eigenvalue weighted by molar-refractivity contribution is 0.473. The summed E-state index contributed by atoms with van der Waals surface area (Å²) in [4.78, 5) is 1.04. The summed E-state index contributed by atoms with van der Waals surface area (Å²) in [5, 5.41) is 12.4. The van der Waals surface area contributed by atoms with E-state index in [1.54, 1.807) is 12.1 Å². The highest BCUT2D eigenvalue weighted by Gasteiger charge is 2.13. The van der Waals surface area contributed by atoms with Crippen molar-refractivity contribution in [2.45, 2.75) is 18.0 Å². The fourth-order valence-corrected chi connectivity index (χ4v) is 1.91. The number of rotatable bonds is 0. The van der Waals surface area contributed by atoms with Crippen LogP contribution in [0.2, 0.25) is 0 Å². The number of hydrogen-bond acceptors (Lipinski definition) is 4. The van der Waals surface area contributed by atoms with E-state index in [9.17, 15) is 5.11 Å². The van der Waals surface area contributed by atoms with Crippen LogP contribution in [0.4, 0.5) is 5.69 Å². The van der Waals surface area contributed by atoms with E-state index in [2.05, 4.69) is 10.0 Å². The van der Waals surface area contributed by atoms with Crippen LogP contribution in [0.1, 0.15) is 6.92 Å². The minimum Gasteiger partial charge on any atom is -0.508 e. The molecule has 0 saturated carbocycles. The molecule has 1 atom stereocenters. The number of phenolic OH excluding ortho intramolecular Hbond substituents is 1. The summed E-state index contributed by atoms with van der Waals surface area (Å²) >= 11 is 1.54. The molecule has 1 aliphatic rings. The van der Waals surface area contributed by atoms with E-state index in [0.717, 1.165) is 10.6 Å². The van der Waals surface area contributed by atoms with Crippen molar-refractivity contribution in [3.8, 4) is 5.75 Å². The first-order valence-corrected chi connectivity index (χ1v) is 4.59. The van der Waals surface area contributed by atoms with Gasteiger partial charge in [-0.15, -0.1) is 0 Å². The van der Waals surface area contributed by atoms with E-state index in [0.29, 0.717) is 5.75 Å². The lowest BCUT2D eigenvalue weighted by Crippen LogP contribution is -2.31. The highest BCUT2D eigenvalue weighted by Crippen LogP contribution is 2.32. The predicted octanol–water partition coefficient (Wildman–Crippen LogP) is 1.76. The van der Waals surface area contributed by atoms with Crippen molar-refractivity contribution in [2.24, 2.45) is 0 Å². The van der Waals surface area contributed by atoms with Crippen molar-refractivity contribution in [3.05, 3.63) is 18.2 Å². The Bertz CT molecular complexity index is 303. The topological polar surface area (TPSA) is 44.3 Å². The largest absolute Gasteiger partial charge is 0.508 e. The third kappa shape index (κ3) is 1.35. The fourth-order valence-electron chi connectivity index (χ4n) is 1.13. The van der Waals surface area contributed by atoms with E-state index in [1.807, 2.05) is 13.0 Å². The molecule has 0 amide bonds. The quantitative estimate of drug-likeness (QED) is 0.422. The Hall–Kier alpha value is -0.870. The number of anilines is 1. The summed E-state index contributed by atoms with van der Waals surface area (Å²) in [6.45, 7) is 2.04. The second-order valence-electron chi connectivity index (χ2n) is 2.77. The summed E-state index contributed by atoms with van der Waals surface area (Å²) in [5.74, 6) is 0.305. The minimum atomic E-state index is 0.270. The minimum absolute atomic E-state index is 0.270. The second kappa shape index (κ2) is 2.88. The standard InChI is InChI=1S/C8H10N2OS/c1-5-9-7-3-2-6(11)4-8(7)12-10-5/h2-5,9-11H,1H3. The van der Waals surface area contributed by atoms with Gasteiger partial charge in [-0.05, 0) is 37.1 Å². The molecule has 0 aromatic heterocycles. The van der Waals surface area contributed by atoms with Gasteiger partial charge < -0.3 is 10.4 Å². The maximum Gasteiger partial charge on any atom is 0.116 e. The van der Waals surface area contributed by atoms with Crippen LogP contribution in [0.5, 0.6) is 5.75 Å². The Morgan fingerprint density at radius 2 is 2.33 bits per heavy atom. The van der Waals surface area contributed by atoms with E-state index in [-0.39, 0.29) is 6.17 Å². The molecule has 3 nitrogen and oxygen atoms in total. The van der Waals surface area contributed by atoms with E-state index < -0.39 is 0 Å². The average molecular weight is 182 g/mol. The molecular weight excluding hydrogens is 172 g/mol. The Kier molecular flexibility index (Phi) is 1.86.